The summed E-state index contributed by atoms with van der Waals surface area (Å²) in [6, 6.07) is -1.10. The Kier molecular flexibility index (Phi) is 6.12. The molecule has 0 aromatic carbocycles. The van der Waals surface area contributed by atoms with Crippen molar-refractivity contribution in [2.75, 3.05) is 13.6 Å². The van der Waals surface area contributed by atoms with Crippen LogP contribution in [0.15, 0.2) is 0 Å². The molecule has 2 N–H and O–H groups in total. The van der Waals surface area contributed by atoms with Gasteiger partial charge in [0.25, 0.3) is 0 Å². The number of hydrogen-bond donors (Lipinski definition) is 2. The number of carboxylic acids is 1. The molecule has 19 heavy (non-hydrogen) atoms. The Balaban J connectivity index is 2.24. The lowest BCUT2D eigenvalue weighted by molar-refractivity contribution is -0.141. The molecule has 0 saturated heterocycles. The second kappa shape index (κ2) is 7.36. The molecule has 0 aromatic rings. The van der Waals surface area contributed by atoms with Crippen LogP contribution in [0.3, 0.4) is 0 Å². The molecule has 2 amide bonds. The number of urea groups is 1. The number of nitrogens with zero attached hydrogens (tertiary/aromatic N) is 1. The molecule has 1 aliphatic rings. The average molecular weight is 270 g/mol. The second-order valence-electron chi connectivity index (χ2n) is 5.78. The number of likely N-dealkylation sites (N-methyl/N-ethyl adjacent to an activating group) is 1. The number of aliphatic carboxylic acids is 1. The third-order valence-corrected chi connectivity index (χ3v) is 4.13. The Hall–Kier alpha value is -1.26. The molecule has 110 valence electrons. The predicted octanol–water partition coefficient (Wildman–Crippen LogP) is 2.32. The van der Waals surface area contributed by atoms with Crippen LogP contribution in [0.5, 0.6) is 0 Å². The van der Waals surface area contributed by atoms with Crippen LogP contribution in [0.2, 0.25) is 0 Å². The van der Waals surface area contributed by atoms with Crippen molar-refractivity contribution in [1.82, 2.24) is 10.2 Å². The van der Waals surface area contributed by atoms with Gasteiger partial charge in [0.2, 0.25) is 0 Å². The summed E-state index contributed by atoms with van der Waals surface area (Å²) < 4.78 is 0. The largest absolute Gasteiger partial charge is 0.480 e. The van der Waals surface area contributed by atoms with Crippen LogP contribution in [0.25, 0.3) is 0 Å². The van der Waals surface area contributed by atoms with Crippen LogP contribution in [0.4, 0.5) is 4.79 Å². The monoisotopic (exact) mass is 270 g/mol. The fourth-order valence-electron chi connectivity index (χ4n) is 2.67. The number of amides is 2. The Morgan fingerprint density at radius 2 is 2.11 bits per heavy atom. The van der Waals surface area contributed by atoms with Gasteiger partial charge in [-0.15, -0.1) is 0 Å². The Bertz CT molecular complexity index is 320. The molecule has 3 unspecified atom stereocenters. The Labute approximate surface area is 115 Å². The zero-order valence-corrected chi connectivity index (χ0v) is 12.2. The molecule has 3 atom stereocenters. The molecule has 0 radical (unpaired) electrons. The van der Waals surface area contributed by atoms with Crippen molar-refractivity contribution in [2.24, 2.45) is 11.8 Å². The van der Waals surface area contributed by atoms with Gasteiger partial charge in [-0.3, -0.25) is 0 Å². The highest BCUT2D eigenvalue weighted by Crippen LogP contribution is 2.30. The molecule has 1 aliphatic carbocycles. The first-order valence-corrected chi connectivity index (χ1v) is 7.15. The molecule has 1 fully saturated rings. The maximum atomic E-state index is 11.7. The maximum absolute atomic E-state index is 11.7. The van der Waals surface area contributed by atoms with Crippen LogP contribution in [-0.2, 0) is 4.79 Å². The van der Waals surface area contributed by atoms with Crippen LogP contribution in [0.1, 0.15) is 46.0 Å². The Morgan fingerprint density at radius 1 is 1.42 bits per heavy atom. The average Bonchev–Trinajstić information content (AvgIpc) is 2.36. The predicted molar refractivity (Wildman–Crippen MR) is 74.0 cm³/mol. The number of carbonyl (C=O) groups excluding carboxylic acids is 1. The molecule has 1 saturated carbocycles. The number of rotatable bonds is 5. The van der Waals surface area contributed by atoms with Crippen molar-refractivity contribution in [2.45, 2.75) is 52.0 Å². The highest BCUT2D eigenvalue weighted by molar-refractivity contribution is 5.82. The highest BCUT2D eigenvalue weighted by Gasteiger charge is 2.22. The van der Waals surface area contributed by atoms with Crippen molar-refractivity contribution in [3.63, 3.8) is 0 Å². The van der Waals surface area contributed by atoms with Gasteiger partial charge in [-0.05, 0) is 31.6 Å². The molecule has 0 heterocycles. The third kappa shape index (κ3) is 5.09. The molecule has 0 bridgehead atoms. The fraction of sp³-hybridized carbons (Fsp3) is 0.857. The first-order chi connectivity index (χ1) is 8.91. The van der Waals surface area contributed by atoms with Crippen molar-refractivity contribution >= 4 is 12.0 Å². The minimum atomic E-state index is -0.987. The quantitative estimate of drug-likeness (QED) is 0.805. The van der Waals surface area contributed by atoms with Gasteiger partial charge in [0.15, 0.2) is 0 Å². The van der Waals surface area contributed by atoms with Gasteiger partial charge in [-0.1, -0.05) is 26.2 Å². The van der Waals surface area contributed by atoms with Crippen molar-refractivity contribution in [3.05, 3.63) is 0 Å². The van der Waals surface area contributed by atoms with E-state index >= 15 is 0 Å². The summed E-state index contributed by atoms with van der Waals surface area (Å²) in [7, 11) is 1.51. The summed E-state index contributed by atoms with van der Waals surface area (Å²) in [5.74, 6) is 0.508. The Morgan fingerprint density at radius 3 is 2.68 bits per heavy atom. The van der Waals surface area contributed by atoms with Crippen LogP contribution < -0.4 is 5.32 Å². The summed E-state index contributed by atoms with van der Waals surface area (Å²) in [6.45, 7) is 4.42. The maximum Gasteiger partial charge on any atom is 0.326 e. The zero-order valence-electron chi connectivity index (χ0n) is 12.2. The summed E-state index contributed by atoms with van der Waals surface area (Å²) in [4.78, 5) is 23.8. The van der Waals surface area contributed by atoms with Gasteiger partial charge in [-0.25, -0.2) is 9.59 Å². The van der Waals surface area contributed by atoms with E-state index in [9.17, 15) is 9.59 Å². The van der Waals surface area contributed by atoms with E-state index in [1.54, 1.807) is 0 Å². The summed E-state index contributed by atoms with van der Waals surface area (Å²) >= 11 is 0. The lowest BCUT2D eigenvalue weighted by Gasteiger charge is -2.27. The minimum absolute atomic E-state index is 0.307. The molecule has 0 aromatic heterocycles. The smallest absolute Gasteiger partial charge is 0.326 e. The lowest BCUT2D eigenvalue weighted by Crippen LogP contribution is -2.46. The van der Waals surface area contributed by atoms with Gasteiger partial charge in [0, 0.05) is 13.6 Å². The molecule has 1 rings (SSSR count). The van der Waals surface area contributed by atoms with Crippen molar-refractivity contribution < 1.29 is 14.7 Å². The van der Waals surface area contributed by atoms with Gasteiger partial charge in [0.1, 0.15) is 6.04 Å². The number of carboxylic acid groups (broad SMARTS) is 1. The summed E-state index contributed by atoms with van der Waals surface area (Å²) in [6.07, 6.45) is 6.10. The van der Waals surface area contributed by atoms with Gasteiger partial charge in [0.05, 0.1) is 0 Å². The SMILES string of the molecule is CC1CCCC(CCNC(=O)N(C)C(C)C(=O)O)C1. The highest BCUT2D eigenvalue weighted by atomic mass is 16.4. The first-order valence-electron chi connectivity index (χ1n) is 7.15. The van der Waals surface area contributed by atoms with Crippen molar-refractivity contribution in [3.8, 4) is 0 Å². The van der Waals surface area contributed by atoms with Gasteiger partial charge >= 0.3 is 12.0 Å². The molecule has 0 aliphatic heterocycles. The standard InChI is InChI=1S/C14H26N2O3/c1-10-5-4-6-12(9-10)7-8-15-14(19)16(3)11(2)13(17)18/h10-12H,4-9H2,1-3H3,(H,15,19)(H,17,18). The summed E-state index contributed by atoms with van der Waals surface area (Å²) in [5, 5.41) is 11.6. The fourth-order valence-corrected chi connectivity index (χ4v) is 2.67. The number of hydrogen-bond acceptors (Lipinski definition) is 2. The van der Waals surface area contributed by atoms with Crippen molar-refractivity contribution in [1.29, 1.82) is 0 Å². The van der Waals surface area contributed by atoms with Gasteiger partial charge < -0.3 is 15.3 Å². The second-order valence-corrected chi connectivity index (χ2v) is 5.78. The first kappa shape index (κ1) is 15.8. The van der Waals surface area contributed by atoms with E-state index in [1.165, 1.54) is 44.6 Å². The van der Waals surface area contributed by atoms with Crippen LogP contribution >= 0.6 is 0 Å². The normalized spacial score (nSPS) is 24.6. The van der Waals surface area contributed by atoms with E-state index in [0.717, 1.165) is 12.3 Å². The third-order valence-electron chi connectivity index (χ3n) is 4.13. The molecule has 0 spiro atoms. The molecule has 5 nitrogen and oxygen atoms in total. The van der Waals surface area contributed by atoms with E-state index in [1.807, 2.05) is 0 Å². The lowest BCUT2D eigenvalue weighted by atomic mass is 9.81. The van der Waals surface area contributed by atoms with E-state index in [2.05, 4.69) is 12.2 Å². The minimum Gasteiger partial charge on any atom is -0.480 e. The van der Waals surface area contributed by atoms with Crippen LogP contribution in [0, 0.1) is 11.8 Å². The summed E-state index contributed by atoms with van der Waals surface area (Å²) in [5.41, 5.74) is 0. The van der Waals surface area contributed by atoms with E-state index < -0.39 is 12.0 Å². The van der Waals surface area contributed by atoms with Crippen LogP contribution in [-0.4, -0.2) is 41.6 Å². The molecular weight excluding hydrogens is 244 g/mol. The number of nitrogens with one attached hydrogen (secondary N) is 1. The van der Waals surface area contributed by atoms with E-state index in [0.29, 0.717) is 12.5 Å². The van der Waals surface area contributed by atoms with E-state index in [4.69, 9.17) is 5.11 Å². The topological polar surface area (TPSA) is 69.6 Å². The van der Waals surface area contributed by atoms with Gasteiger partial charge in [-0.2, -0.15) is 0 Å². The van der Waals surface area contributed by atoms with E-state index in [-0.39, 0.29) is 6.03 Å². The molecular formula is C14H26N2O3. The molecule has 5 heteroatoms. The number of carbonyl (C=O) groups is 2. The zero-order chi connectivity index (χ0) is 14.4.